The van der Waals surface area contributed by atoms with Gasteiger partial charge in [-0.25, -0.2) is 9.97 Å². The second-order valence-corrected chi connectivity index (χ2v) is 5.14. The fraction of sp³-hybridized carbons (Fsp3) is 0.235. The fourth-order valence-electron chi connectivity index (χ4n) is 1.88. The number of benzene rings is 1. The normalized spacial score (nSPS) is 10.7. The number of hydrogen-bond donors (Lipinski definition) is 1. The average molecular weight is 296 g/mol. The van der Waals surface area contributed by atoms with E-state index < -0.39 is 0 Å². The number of amides is 1. The molecule has 0 aliphatic carbocycles. The van der Waals surface area contributed by atoms with Crippen LogP contribution < -0.4 is 10.2 Å². The van der Waals surface area contributed by atoms with Crippen molar-refractivity contribution >= 4 is 17.8 Å². The second kappa shape index (κ2) is 7.36. The minimum atomic E-state index is -0.166. The number of hydrogen-bond acceptors (Lipinski definition) is 4. The van der Waals surface area contributed by atoms with E-state index in [1.54, 1.807) is 6.08 Å². The number of nitrogens with one attached hydrogen (secondary N) is 1. The van der Waals surface area contributed by atoms with Crippen LogP contribution in [0.2, 0.25) is 0 Å². The first kappa shape index (κ1) is 15.7. The fourth-order valence-corrected chi connectivity index (χ4v) is 1.88. The van der Waals surface area contributed by atoms with Gasteiger partial charge in [-0.2, -0.15) is 0 Å². The molecule has 22 heavy (non-hydrogen) atoms. The van der Waals surface area contributed by atoms with Crippen molar-refractivity contribution in [2.45, 2.75) is 13.5 Å². The molecule has 0 saturated heterocycles. The van der Waals surface area contributed by atoms with Crippen LogP contribution in [-0.4, -0.2) is 30.0 Å². The minimum absolute atomic E-state index is 0.166. The van der Waals surface area contributed by atoms with Gasteiger partial charge in [0.1, 0.15) is 11.6 Å². The van der Waals surface area contributed by atoms with Gasteiger partial charge < -0.3 is 10.2 Å². The van der Waals surface area contributed by atoms with Gasteiger partial charge in [-0.1, -0.05) is 30.3 Å². The lowest BCUT2D eigenvalue weighted by molar-refractivity contribution is -0.116. The monoisotopic (exact) mass is 296 g/mol. The van der Waals surface area contributed by atoms with E-state index in [0.717, 1.165) is 17.1 Å². The molecule has 1 aromatic carbocycles. The number of carbonyl (C=O) groups is 1. The molecule has 0 spiro atoms. The number of rotatable bonds is 5. The zero-order chi connectivity index (χ0) is 15.9. The van der Waals surface area contributed by atoms with E-state index in [0.29, 0.717) is 12.4 Å². The van der Waals surface area contributed by atoms with E-state index in [1.165, 1.54) is 6.08 Å². The Bertz CT molecular complexity index is 666. The average Bonchev–Trinajstić information content (AvgIpc) is 2.51. The summed E-state index contributed by atoms with van der Waals surface area (Å²) < 4.78 is 0. The number of aryl methyl sites for hydroxylation is 1. The Hall–Kier alpha value is -2.69. The molecule has 0 aliphatic rings. The summed E-state index contributed by atoms with van der Waals surface area (Å²) in [5.41, 5.74) is 1.86. The van der Waals surface area contributed by atoms with Gasteiger partial charge in [0.2, 0.25) is 5.91 Å². The van der Waals surface area contributed by atoms with Crippen molar-refractivity contribution in [2.75, 3.05) is 19.0 Å². The summed E-state index contributed by atoms with van der Waals surface area (Å²) in [5, 5.41) is 2.79. The molecule has 0 fully saturated rings. The van der Waals surface area contributed by atoms with Crippen molar-refractivity contribution in [1.82, 2.24) is 15.3 Å². The zero-order valence-corrected chi connectivity index (χ0v) is 13.1. The Morgan fingerprint density at radius 2 is 1.95 bits per heavy atom. The maximum absolute atomic E-state index is 11.8. The van der Waals surface area contributed by atoms with Crippen LogP contribution >= 0.6 is 0 Å². The summed E-state index contributed by atoms with van der Waals surface area (Å²) in [6.07, 6.45) is 3.29. The largest absolute Gasteiger partial charge is 0.363 e. The Labute approximate surface area is 130 Å². The summed E-state index contributed by atoms with van der Waals surface area (Å²) in [6, 6.07) is 11.6. The Balaban J connectivity index is 1.95. The first-order chi connectivity index (χ1) is 10.5. The van der Waals surface area contributed by atoms with Crippen molar-refractivity contribution < 1.29 is 4.79 Å². The first-order valence-corrected chi connectivity index (χ1v) is 7.07. The summed E-state index contributed by atoms with van der Waals surface area (Å²) >= 11 is 0. The number of nitrogens with zero attached hydrogens (tertiary/aromatic N) is 3. The van der Waals surface area contributed by atoms with Crippen molar-refractivity contribution in [3.63, 3.8) is 0 Å². The van der Waals surface area contributed by atoms with Crippen molar-refractivity contribution in [2.24, 2.45) is 0 Å². The third-order valence-electron chi connectivity index (χ3n) is 2.99. The molecule has 114 valence electrons. The molecule has 0 saturated carbocycles. The van der Waals surface area contributed by atoms with Gasteiger partial charge >= 0.3 is 0 Å². The highest BCUT2D eigenvalue weighted by Crippen LogP contribution is 2.09. The SMILES string of the molecule is Cc1cc(N(C)C)nc(CNC(=O)/C=C/c2ccccc2)n1. The number of carbonyl (C=O) groups excluding carboxylic acids is 1. The summed E-state index contributed by atoms with van der Waals surface area (Å²) in [5.74, 6) is 1.27. The van der Waals surface area contributed by atoms with E-state index >= 15 is 0 Å². The second-order valence-electron chi connectivity index (χ2n) is 5.14. The third kappa shape index (κ3) is 4.70. The quantitative estimate of drug-likeness (QED) is 0.859. The van der Waals surface area contributed by atoms with Crippen LogP contribution in [0.5, 0.6) is 0 Å². The van der Waals surface area contributed by atoms with E-state index in [4.69, 9.17) is 0 Å². The van der Waals surface area contributed by atoms with Crippen molar-refractivity contribution in [1.29, 1.82) is 0 Å². The maximum Gasteiger partial charge on any atom is 0.244 e. The van der Waals surface area contributed by atoms with Crippen LogP contribution in [0.4, 0.5) is 5.82 Å². The molecule has 1 heterocycles. The molecule has 0 unspecified atom stereocenters. The summed E-state index contributed by atoms with van der Waals surface area (Å²) in [4.78, 5) is 22.5. The van der Waals surface area contributed by atoms with Crippen LogP contribution in [0.3, 0.4) is 0 Å². The van der Waals surface area contributed by atoms with Gasteiger partial charge in [-0.3, -0.25) is 4.79 Å². The van der Waals surface area contributed by atoms with Crippen molar-refractivity contribution in [3.05, 3.63) is 59.6 Å². The summed E-state index contributed by atoms with van der Waals surface area (Å²) in [7, 11) is 3.85. The third-order valence-corrected chi connectivity index (χ3v) is 2.99. The first-order valence-electron chi connectivity index (χ1n) is 7.07. The highest BCUT2D eigenvalue weighted by molar-refractivity contribution is 5.91. The van der Waals surface area contributed by atoms with Crippen molar-refractivity contribution in [3.8, 4) is 0 Å². The van der Waals surface area contributed by atoms with Gasteiger partial charge in [0.25, 0.3) is 0 Å². The van der Waals surface area contributed by atoms with Gasteiger partial charge in [0.05, 0.1) is 6.54 Å². The Morgan fingerprint density at radius 3 is 2.64 bits per heavy atom. The van der Waals surface area contributed by atoms with Gasteiger partial charge in [-0.15, -0.1) is 0 Å². The topological polar surface area (TPSA) is 58.1 Å². The zero-order valence-electron chi connectivity index (χ0n) is 13.1. The smallest absolute Gasteiger partial charge is 0.244 e. The Morgan fingerprint density at radius 1 is 1.23 bits per heavy atom. The van der Waals surface area contributed by atoms with Crippen LogP contribution in [0.25, 0.3) is 6.08 Å². The minimum Gasteiger partial charge on any atom is -0.363 e. The molecule has 2 aromatic rings. The molecule has 0 bridgehead atoms. The van der Waals surface area contributed by atoms with Gasteiger partial charge in [-0.05, 0) is 18.6 Å². The van der Waals surface area contributed by atoms with E-state index in [-0.39, 0.29) is 5.91 Å². The predicted molar refractivity (Wildman–Crippen MR) is 88.4 cm³/mol. The lowest BCUT2D eigenvalue weighted by atomic mass is 10.2. The molecule has 0 radical (unpaired) electrons. The van der Waals surface area contributed by atoms with E-state index in [9.17, 15) is 4.79 Å². The van der Waals surface area contributed by atoms with Crippen LogP contribution in [-0.2, 0) is 11.3 Å². The van der Waals surface area contributed by atoms with Crippen LogP contribution in [0.1, 0.15) is 17.1 Å². The van der Waals surface area contributed by atoms with E-state index in [2.05, 4.69) is 15.3 Å². The molecular formula is C17H20N4O. The maximum atomic E-state index is 11.8. The molecule has 5 nitrogen and oxygen atoms in total. The molecular weight excluding hydrogens is 276 g/mol. The van der Waals surface area contributed by atoms with Gasteiger partial charge in [0.15, 0.2) is 0 Å². The molecule has 1 N–H and O–H groups in total. The van der Waals surface area contributed by atoms with Gasteiger partial charge in [0, 0.05) is 31.9 Å². The predicted octanol–water partition coefficient (Wildman–Crippen LogP) is 2.18. The molecule has 5 heteroatoms. The standard InChI is InChI=1S/C17H20N4O/c1-13-11-16(21(2)3)20-15(19-13)12-18-17(22)10-9-14-7-5-4-6-8-14/h4-11H,12H2,1-3H3,(H,18,22)/b10-9+. The summed E-state index contributed by atoms with van der Waals surface area (Å²) in [6.45, 7) is 2.22. The number of aromatic nitrogens is 2. The van der Waals surface area contributed by atoms with Crippen LogP contribution in [0.15, 0.2) is 42.5 Å². The number of anilines is 1. The van der Waals surface area contributed by atoms with E-state index in [1.807, 2.05) is 62.3 Å². The lowest BCUT2D eigenvalue weighted by Crippen LogP contribution is -2.22. The molecule has 1 aromatic heterocycles. The lowest BCUT2D eigenvalue weighted by Gasteiger charge is -2.13. The molecule has 0 atom stereocenters. The Kier molecular flexibility index (Phi) is 5.25. The highest BCUT2D eigenvalue weighted by atomic mass is 16.1. The highest BCUT2D eigenvalue weighted by Gasteiger charge is 2.05. The molecule has 2 rings (SSSR count). The molecule has 0 aliphatic heterocycles. The molecule has 1 amide bonds. The van der Waals surface area contributed by atoms with Crippen LogP contribution in [0, 0.1) is 6.92 Å².